The summed E-state index contributed by atoms with van der Waals surface area (Å²) in [6.45, 7) is 5.67. The Hall–Kier alpha value is -1.84. The van der Waals surface area contributed by atoms with Crippen LogP contribution in [0, 0.1) is 0 Å². The van der Waals surface area contributed by atoms with Gasteiger partial charge in [-0.05, 0) is 25.8 Å². The number of benzene rings is 1. The highest BCUT2D eigenvalue weighted by atomic mass is 16.2. The third-order valence-electron chi connectivity index (χ3n) is 2.84. The SMILES string of the molecule is CC[C@@H](C)NC(=O)C(=O)N[C@@H](C)c1ccccc1. The maximum Gasteiger partial charge on any atom is 0.309 e. The van der Waals surface area contributed by atoms with Gasteiger partial charge in [0.25, 0.3) is 0 Å². The summed E-state index contributed by atoms with van der Waals surface area (Å²) in [7, 11) is 0. The minimum atomic E-state index is -0.591. The van der Waals surface area contributed by atoms with Gasteiger partial charge in [-0.15, -0.1) is 0 Å². The summed E-state index contributed by atoms with van der Waals surface area (Å²) in [5.41, 5.74) is 0.974. The number of carbonyl (C=O) groups excluding carboxylic acids is 2. The van der Waals surface area contributed by atoms with E-state index in [0.29, 0.717) is 0 Å². The quantitative estimate of drug-likeness (QED) is 0.798. The predicted octanol–water partition coefficient (Wildman–Crippen LogP) is 1.78. The van der Waals surface area contributed by atoms with E-state index in [1.165, 1.54) is 0 Å². The molecule has 0 saturated heterocycles. The Morgan fingerprint density at radius 1 is 1.06 bits per heavy atom. The van der Waals surface area contributed by atoms with Gasteiger partial charge in [0.05, 0.1) is 6.04 Å². The van der Waals surface area contributed by atoms with Gasteiger partial charge in [0.2, 0.25) is 0 Å². The molecule has 4 nitrogen and oxygen atoms in total. The zero-order chi connectivity index (χ0) is 13.5. The summed E-state index contributed by atoms with van der Waals surface area (Å²) >= 11 is 0. The minimum Gasteiger partial charge on any atom is -0.345 e. The number of hydrogen-bond acceptors (Lipinski definition) is 2. The van der Waals surface area contributed by atoms with Crippen molar-refractivity contribution >= 4 is 11.8 Å². The van der Waals surface area contributed by atoms with Crippen LogP contribution in [0.1, 0.15) is 38.8 Å². The molecule has 0 unspecified atom stereocenters. The van der Waals surface area contributed by atoms with E-state index < -0.39 is 11.8 Å². The summed E-state index contributed by atoms with van der Waals surface area (Å²) in [5, 5.41) is 5.31. The molecule has 0 aliphatic heterocycles. The Balaban J connectivity index is 2.52. The predicted molar refractivity (Wildman–Crippen MR) is 70.9 cm³/mol. The van der Waals surface area contributed by atoms with Crippen LogP contribution in [0.4, 0.5) is 0 Å². The van der Waals surface area contributed by atoms with E-state index in [4.69, 9.17) is 0 Å². The van der Waals surface area contributed by atoms with Crippen molar-refractivity contribution in [3.63, 3.8) is 0 Å². The van der Waals surface area contributed by atoms with Crippen LogP contribution in [0.2, 0.25) is 0 Å². The summed E-state index contributed by atoms with van der Waals surface area (Å²) in [6, 6.07) is 9.37. The Kier molecular flexibility index (Phi) is 5.36. The molecule has 4 heteroatoms. The van der Waals surface area contributed by atoms with E-state index in [9.17, 15) is 9.59 Å². The van der Waals surface area contributed by atoms with Crippen LogP contribution in [0.3, 0.4) is 0 Å². The molecule has 1 aromatic rings. The highest BCUT2D eigenvalue weighted by Gasteiger charge is 2.17. The van der Waals surface area contributed by atoms with E-state index in [0.717, 1.165) is 12.0 Å². The van der Waals surface area contributed by atoms with Crippen LogP contribution >= 0.6 is 0 Å². The first kappa shape index (κ1) is 14.2. The molecule has 1 rings (SSSR count). The Labute approximate surface area is 108 Å². The maximum absolute atomic E-state index is 11.7. The first-order valence-corrected chi connectivity index (χ1v) is 6.21. The van der Waals surface area contributed by atoms with Crippen molar-refractivity contribution < 1.29 is 9.59 Å². The number of nitrogens with one attached hydrogen (secondary N) is 2. The average Bonchev–Trinajstić information content (AvgIpc) is 2.39. The molecule has 98 valence electrons. The van der Waals surface area contributed by atoms with Crippen LogP contribution in [-0.2, 0) is 9.59 Å². The lowest BCUT2D eigenvalue weighted by Gasteiger charge is -2.15. The van der Waals surface area contributed by atoms with Gasteiger partial charge in [-0.3, -0.25) is 9.59 Å². The molecule has 18 heavy (non-hydrogen) atoms. The lowest BCUT2D eigenvalue weighted by Crippen LogP contribution is -2.44. The zero-order valence-corrected chi connectivity index (χ0v) is 11.1. The van der Waals surface area contributed by atoms with Gasteiger partial charge in [-0.25, -0.2) is 0 Å². The number of hydrogen-bond donors (Lipinski definition) is 2. The third kappa shape index (κ3) is 4.20. The molecular weight excluding hydrogens is 228 g/mol. The Morgan fingerprint density at radius 2 is 1.61 bits per heavy atom. The van der Waals surface area contributed by atoms with Gasteiger partial charge in [0.1, 0.15) is 0 Å². The van der Waals surface area contributed by atoms with Crippen LogP contribution in [0.5, 0.6) is 0 Å². The first-order chi connectivity index (χ1) is 8.54. The molecule has 0 aromatic heterocycles. The topological polar surface area (TPSA) is 58.2 Å². The molecule has 0 aliphatic rings. The molecule has 2 atom stereocenters. The van der Waals surface area contributed by atoms with Gasteiger partial charge >= 0.3 is 11.8 Å². The van der Waals surface area contributed by atoms with E-state index in [2.05, 4.69) is 10.6 Å². The van der Waals surface area contributed by atoms with Crippen molar-refractivity contribution in [1.82, 2.24) is 10.6 Å². The lowest BCUT2D eigenvalue weighted by atomic mass is 10.1. The standard InChI is InChI=1S/C14H20N2O2/c1-4-10(2)15-13(17)14(18)16-11(3)12-8-6-5-7-9-12/h5-11H,4H2,1-3H3,(H,15,17)(H,16,18)/t10-,11+/m1/s1. The molecule has 0 saturated carbocycles. The second kappa shape index (κ2) is 6.79. The van der Waals surface area contributed by atoms with Gasteiger partial charge in [-0.2, -0.15) is 0 Å². The van der Waals surface area contributed by atoms with Crippen LogP contribution < -0.4 is 10.6 Å². The molecule has 2 amide bonds. The highest BCUT2D eigenvalue weighted by molar-refractivity contribution is 6.35. The number of rotatable bonds is 4. The van der Waals surface area contributed by atoms with E-state index >= 15 is 0 Å². The summed E-state index contributed by atoms with van der Waals surface area (Å²) < 4.78 is 0. The lowest BCUT2D eigenvalue weighted by molar-refractivity contribution is -0.140. The largest absolute Gasteiger partial charge is 0.345 e. The van der Waals surface area contributed by atoms with Crippen molar-refractivity contribution in [3.8, 4) is 0 Å². The molecule has 0 fully saturated rings. The van der Waals surface area contributed by atoms with Crippen LogP contribution in [0.25, 0.3) is 0 Å². The summed E-state index contributed by atoms with van der Waals surface area (Å²) in [6.07, 6.45) is 0.799. The monoisotopic (exact) mass is 248 g/mol. The fourth-order valence-electron chi connectivity index (χ4n) is 1.48. The fourth-order valence-corrected chi connectivity index (χ4v) is 1.48. The molecule has 1 aromatic carbocycles. The van der Waals surface area contributed by atoms with Crippen LogP contribution in [-0.4, -0.2) is 17.9 Å². The van der Waals surface area contributed by atoms with Gasteiger partial charge < -0.3 is 10.6 Å². The second-order valence-corrected chi connectivity index (χ2v) is 4.39. The zero-order valence-electron chi connectivity index (χ0n) is 11.1. The average molecular weight is 248 g/mol. The Bertz CT molecular complexity index is 404. The minimum absolute atomic E-state index is 0.00952. The van der Waals surface area contributed by atoms with Gasteiger partial charge in [0, 0.05) is 6.04 Å². The smallest absolute Gasteiger partial charge is 0.309 e. The van der Waals surface area contributed by atoms with E-state index in [1.807, 2.05) is 51.1 Å². The van der Waals surface area contributed by atoms with E-state index in [1.54, 1.807) is 0 Å². The molecular formula is C14H20N2O2. The molecule has 0 spiro atoms. The molecule has 2 N–H and O–H groups in total. The van der Waals surface area contributed by atoms with Gasteiger partial charge in [0.15, 0.2) is 0 Å². The highest BCUT2D eigenvalue weighted by Crippen LogP contribution is 2.10. The first-order valence-electron chi connectivity index (χ1n) is 6.21. The second-order valence-electron chi connectivity index (χ2n) is 4.39. The fraction of sp³-hybridized carbons (Fsp3) is 0.429. The molecule has 0 bridgehead atoms. The normalized spacial score (nSPS) is 13.5. The molecule has 0 aliphatic carbocycles. The van der Waals surface area contributed by atoms with Crippen molar-refractivity contribution in [1.29, 1.82) is 0 Å². The third-order valence-corrected chi connectivity index (χ3v) is 2.84. The number of amides is 2. The van der Waals surface area contributed by atoms with Crippen molar-refractivity contribution in [2.75, 3.05) is 0 Å². The number of carbonyl (C=O) groups is 2. The van der Waals surface area contributed by atoms with Gasteiger partial charge in [-0.1, -0.05) is 37.3 Å². The summed E-state index contributed by atoms with van der Waals surface area (Å²) in [4.78, 5) is 23.2. The molecule has 0 radical (unpaired) electrons. The van der Waals surface area contributed by atoms with E-state index in [-0.39, 0.29) is 12.1 Å². The summed E-state index contributed by atoms with van der Waals surface area (Å²) in [5.74, 6) is -1.17. The van der Waals surface area contributed by atoms with Crippen molar-refractivity contribution in [3.05, 3.63) is 35.9 Å². The van der Waals surface area contributed by atoms with Crippen LogP contribution in [0.15, 0.2) is 30.3 Å². The Morgan fingerprint density at radius 3 is 2.17 bits per heavy atom. The molecule has 0 heterocycles. The van der Waals surface area contributed by atoms with Crippen molar-refractivity contribution in [2.24, 2.45) is 0 Å². The maximum atomic E-state index is 11.7. The van der Waals surface area contributed by atoms with Crippen molar-refractivity contribution in [2.45, 2.75) is 39.3 Å².